The van der Waals surface area contributed by atoms with E-state index in [1.807, 2.05) is 24.3 Å². The third kappa shape index (κ3) is 5.72. The molecule has 0 amide bonds. The molecule has 0 saturated heterocycles. The summed E-state index contributed by atoms with van der Waals surface area (Å²) in [6.07, 6.45) is 4.33. The van der Waals surface area contributed by atoms with E-state index >= 15 is 0 Å². The molecule has 2 heteroatoms. The van der Waals surface area contributed by atoms with Crippen molar-refractivity contribution in [2.75, 3.05) is 9.80 Å². The van der Waals surface area contributed by atoms with Crippen molar-refractivity contribution >= 4 is 46.3 Å². The standard InChI is InChI=1S/C38H30N2/c1-5-13-33(14-6-1)39(34-15-7-2-8-16-34)37-27-23-31(24-28-37)21-22-32-25-29-38(30-26-32)40(35-17-9-3-10-18-35)36-19-11-4-12-20-36/h1-30H/b22-21-. The van der Waals surface area contributed by atoms with Crippen LogP contribution in [0.1, 0.15) is 11.1 Å². The smallest absolute Gasteiger partial charge is 0.0462 e. The van der Waals surface area contributed by atoms with Gasteiger partial charge in [0.25, 0.3) is 0 Å². The van der Waals surface area contributed by atoms with Crippen LogP contribution in [-0.4, -0.2) is 0 Å². The first-order chi connectivity index (χ1) is 19.8. The largest absolute Gasteiger partial charge is 0.311 e. The first-order valence-corrected chi connectivity index (χ1v) is 13.5. The first kappa shape index (κ1) is 25.0. The van der Waals surface area contributed by atoms with Gasteiger partial charge in [-0.1, -0.05) is 109 Å². The van der Waals surface area contributed by atoms with Gasteiger partial charge in [0.1, 0.15) is 0 Å². The molecule has 0 spiro atoms. The monoisotopic (exact) mass is 514 g/mol. The zero-order valence-corrected chi connectivity index (χ0v) is 22.2. The molecule has 0 aliphatic rings. The van der Waals surface area contributed by atoms with E-state index in [2.05, 4.69) is 168 Å². The van der Waals surface area contributed by atoms with Crippen molar-refractivity contribution in [3.63, 3.8) is 0 Å². The van der Waals surface area contributed by atoms with Gasteiger partial charge < -0.3 is 9.80 Å². The van der Waals surface area contributed by atoms with Crippen molar-refractivity contribution in [2.24, 2.45) is 0 Å². The highest BCUT2D eigenvalue weighted by Crippen LogP contribution is 2.35. The molecule has 0 unspecified atom stereocenters. The van der Waals surface area contributed by atoms with Crippen LogP contribution < -0.4 is 9.80 Å². The maximum absolute atomic E-state index is 2.28. The molecule has 0 N–H and O–H groups in total. The highest BCUT2D eigenvalue weighted by atomic mass is 15.1. The molecule has 0 heterocycles. The second-order valence-corrected chi connectivity index (χ2v) is 9.53. The van der Waals surface area contributed by atoms with E-state index in [-0.39, 0.29) is 0 Å². The molecule has 6 aromatic rings. The third-order valence-electron chi connectivity index (χ3n) is 6.83. The number of para-hydroxylation sites is 4. The normalized spacial score (nSPS) is 10.9. The minimum absolute atomic E-state index is 1.13. The lowest BCUT2D eigenvalue weighted by atomic mass is 10.1. The predicted molar refractivity (Wildman–Crippen MR) is 171 cm³/mol. The van der Waals surface area contributed by atoms with Gasteiger partial charge in [0.05, 0.1) is 0 Å². The van der Waals surface area contributed by atoms with Crippen molar-refractivity contribution in [1.29, 1.82) is 0 Å². The zero-order valence-electron chi connectivity index (χ0n) is 22.2. The lowest BCUT2D eigenvalue weighted by molar-refractivity contribution is 1.28. The van der Waals surface area contributed by atoms with Crippen LogP contribution in [0.4, 0.5) is 34.1 Å². The van der Waals surface area contributed by atoms with Crippen molar-refractivity contribution in [2.45, 2.75) is 0 Å². The molecule has 0 aromatic heterocycles. The minimum atomic E-state index is 1.13. The summed E-state index contributed by atoms with van der Waals surface area (Å²) in [5.41, 5.74) is 9.11. The van der Waals surface area contributed by atoms with Gasteiger partial charge in [0.2, 0.25) is 0 Å². The minimum Gasteiger partial charge on any atom is -0.311 e. The van der Waals surface area contributed by atoms with Gasteiger partial charge in [-0.05, 0) is 83.9 Å². The molecular weight excluding hydrogens is 484 g/mol. The van der Waals surface area contributed by atoms with Crippen molar-refractivity contribution in [3.8, 4) is 0 Å². The van der Waals surface area contributed by atoms with Crippen molar-refractivity contribution < 1.29 is 0 Å². The van der Waals surface area contributed by atoms with E-state index in [4.69, 9.17) is 0 Å². The Kier molecular flexibility index (Phi) is 7.50. The average molecular weight is 515 g/mol. The predicted octanol–water partition coefficient (Wildman–Crippen LogP) is 10.8. The lowest BCUT2D eigenvalue weighted by Gasteiger charge is -2.25. The van der Waals surface area contributed by atoms with Crippen molar-refractivity contribution in [3.05, 3.63) is 181 Å². The summed E-state index contributed by atoms with van der Waals surface area (Å²) in [4.78, 5) is 4.55. The highest BCUT2D eigenvalue weighted by Gasteiger charge is 2.12. The molecule has 2 nitrogen and oxygen atoms in total. The fraction of sp³-hybridized carbons (Fsp3) is 0. The lowest BCUT2D eigenvalue weighted by Crippen LogP contribution is -2.09. The molecule has 0 saturated carbocycles. The van der Waals surface area contributed by atoms with Gasteiger partial charge in [0, 0.05) is 34.1 Å². The number of hydrogen-bond acceptors (Lipinski definition) is 2. The summed E-state index contributed by atoms with van der Waals surface area (Å²) >= 11 is 0. The molecule has 6 aromatic carbocycles. The maximum atomic E-state index is 2.28. The Balaban J connectivity index is 1.22. The van der Waals surface area contributed by atoms with Gasteiger partial charge in [0.15, 0.2) is 0 Å². The van der Waals surface area contributed by atoms with Crippen LogP contribution in [0.25, 0.3) is 12.2 Å². The maximum Gasteiger partial charge on any atom is 0.0462 e. The highest BCUT2D eigenvalue weighted by molar-refractivity contribution is 5.80. The molecule has 192 valence electrons. The molecule has 40 heavy (non-hydrogen) atoms. The molecule has 0 aliphatic carbocycles. The average Bonchev–Trinajstić information content (AvgIpc) is 3.04. The summed E-state index contributed by atoms with van der Waals surface area (Å²) in [6.45, 7) is 0. The molecule has 6 rings (SSSR count). The summed E-state index contributed by atoms with van der Waals surface area (Å²) < 4.78 is 0. The van der Waals surface area contributed by atoms with Gasteiger partial charge in [-0.2, -0.15) is 0 Å². The fourth-order valence-corrected chi connectivity index (χ4v) is 4.86. The summed E-state index contributed by atoms with van der Waals surface area (Å²) in [7, 11) is 0. The van der Waals surface area contributed by atoms with Gasteiger partial charge >= 0.3 is 0 Å². The Morgan fingerprint density at radius 1 is 0.250 bits per heavy atom. The van der Waals surface area contributed by atoms with E-state index < -0.39 is 0 Å². The summed E-state index contributed by atoms with van der Waals surface area (Å²) in [5, 5.41) is 0. The first-order valence-electron chi connectivity index (χ1n) is 13.5. The van der Waals surface area contributed by atoms with Gasteiger partial charge in [-0.15, -0.1) is 0 Å². The molecule has 0 aliphatic heterocycles. The van der Waals surface area contributed by atoms with Crippen molar-refractivity contribution in [1.82, 2.24) is 0 Å². The molecule has 0 radical (unpaired) electrons. The van der Waals surface area contributed by atoms with Crippen LogP contribution in [0, 0.1) is 0 Å². The SMILES string of the molecule is C(=C/c1ccc(N(c2ccccc2)c2ccccc2)cc1)/c1ccc(N(c2ccccc2)c2ccccc2)cc1. The Labute approximate surface area is 236 Å². The molecule has 0 atom stereocenters. The second-order valence-electron chi connectivity index (χ2n) is 9.53. The quantitative estimate of drug-likeness (QED) is 0.186. The van der Waals surface area contributed by atoms with E-state index in [0.717, 1.165) is 45.3 Å². The Hall–Kier alpha value is -5.34. The molecule has 0 bridgehead atoms. The molecule has 0 fully saturated rings. The topological polar surface area (TPSA) is 6.48 Å². The van der Waals surface area contributed by atoms with E-state index in [1.54, 1.807) is 0 Å². The summed E-state index contributed by atoms with van der Waals surface area (Å²) in [6, 6.07) is 59.3. The summed E-state index contributed by atoms with van der Waals surface area (Å²) in [5.74, 6) is 0. The van der Waals surface area contributed by atoms with E-state index in [0.29, 0.717) is 0 Å². The number of rotatable bonds is 8. The number of hydrogen-bond donors (Lipinski definition) is 0. The molecular formula is C38H30N2. The third-order valence-corrected chi connectivity index (χ3v) is 6.83. The number of benzene rings is 6. The van der Waals surface area contributed by atoms with Crippen LogP contribution in [0.3, 0.4) is 0 Å². The van der Waals surface area contributed by atoms with Crippen LogP contribution in [0.2, 0.25) is 0 Å². The van der Waals surface area contributed by atoms with Gasteiger partial charge in [-0.3, -0.25) is 0 Å². The number of anilines is 6. The van der Waals surface area contributed by atoms with Crippen LogP contribution in [-0.2, 0) is 0 Å². The van der Waals surface area contributed by atoms with Gasteiger partial charge in [-0.25, -0.2) is 0 Å². The zero-order chi connectivity index (χ0) is 27.0. The van der Waals surface area contributed by atoms with E-state index in [1.165, 1.54) is 0 Å². The van der Waals surface area contributed by atoms with E-state index in [9.17, 15) is 0 Å². The Morgan fingerprint density at radius 2 is 0.475 bits per heavy atom. The number of nitrogens with zero attached hydrogens (tertiary/aromatic N) is 2. The Morgan fingerprint density at radius 3 is 0.725 bits per heavy atom. The second kappa shape index (κ2) is 12.0. The fourth-order valence-electron chi connectivity index (χ4n) is 4.86. The van der Waals surface area contributed by atoms with Crippen LogP contribution in [0.5, 0.6) is 0 Å². The Bertz CT molecular complexity index is 1440. The van der Waals surface area contributed by atoms with Crippen LogP contribution >= 0.6 is 0 Å². The van der Waals surface area contributed by atoms with Crippen LogP contribution in [0.15, 0.2) is 170 Å².